The molecule has 0 heterocycles. The number of alkyl halides is 1. The molecule has 0 radical (unpaired) electrons. The monoisotopic (exact) mass is 406 g/mol. The van der Waals surface area contributed by atoms with Crippen LogP contribution in [-0.2, 0) is 0 Å². The van der Waals surface area contributed by atoms with Gasteiger partial charge in [0.15, 0.2) is 0 Å². The lowest BCUT2D eigenvalue weighted by molar-refractivity contribution is 0.304. The first-order valence-corrected chi connectivity index (χ1v) is 10.8. The van der Waals surface area contributed by atoms with Gasteiger partial charge in [0.1, 0.15) is 11.5 Å². The molecule has 2 nitrogen and oxygen atoms in total. The molecular weight excluding hydrogens is 376 g/mol. The van der Waals surface area contributed by atoms with Crippen LogP contribution < -0.4 is 9.47 Å². The van der Waals surface area contributed by atoms with Crippen molar-refractivity contribution in [3.8, 4) is 11.5 Å². The molecule has 0 fully saturated rings. The van der Waals surface area contributed by atoms with Crippen molar-refractivity contribution in [1.82, 2.24) is 0 Å². The Morgan fingerprint density at radius 2 is 1.20 bits per heavy atom. The maximum absolute atomic E-state index is 5.89. The molecule has 2 aromatic rings. The van der Waals surface area contributed by atoms with E-state index < -0.39 is 0 Å². The summed E-state index contributed by atoms with van der Waals surface area (Å²) < 4.78 is 11.7. The van der Waals surface area contributed by atoms with Crippen LogP contribution in [-0.4, -0.2) is 18.5 Å². The lowest BCUT2D eigenvalue weighted by Gasteiger charge is -2.09. The minimum absolute atomic E-state index is 0.789. The van der Waals surface area contributed by atoms with Gasteiger partial charge in [-0.15, -0.1) is 0 Å². The Labute approximate surface area is 161 Å². The van der Waals surface area contributed by atoms with Gasteiger partial charge in [0.25, 0.3) is 0 Å². The van der Waals surface area contributed by atoms with Gasteiger partial charge in [-0.3, -0.25) is 0 Å². The van der Waals surface area contributed by atoms with E-state index in [0.717, 1.165) is 42.9 Å². The summed E-state index contributed by atoms with van der Waals surface area (Å²) in [5.41, 5.74) is 0. The lowest BCUT2D eigenvalue weighted by atomic mass is 10.1. The summed E-state index contributed by atoms with van der Waals surface area (Å²) in [6.07, 6.45) is 9.86. The average molecular weight is 407 g/mol. The molecule has 0 aliphatic rings. The summed E-state index contributed by atoms with van der Waals surface area (Å²) in [6, 6.07) is 12.6. The fourth-order valence-electron chi connectivity index (χ4n) is 2.84. The highest BCUT2D eigenvalue weighted by atomic mass is 79.9. The van der Waals surface area contributed by atoms with Gasteiger partial charge < -0.3 is 9.47 Å². The standard InChI is InChI=1S/C22H31BrO2/c1-2-3-4-5-8-15-24-21-12-10-20-18-22(13-11-19(20)17-21)25-16-9-6-7-14-23/h10-13,17-18H,2-9,14-16H2,1H3. The Balaban J connectivity index is 1.79. The second-order valence-corrected chi connectivity index (χ2v) is 7.32. The smallest absolute Gasteiger partial charge is 0.119 e. The predicted octanol–water partition coefficient (Wildman–Crippen LogP) is 7.13. The average Bonchev–Trinajstić information content (AvgIpc) is 2.64. The van der Waals surface area contributed by atoms with Crippen molar-refractivity contribution in [2.75, 3.05) is 18.5 Å². The second-order valence-electron chi connectivity index (χ2n) is 6.53. The molecular formula is C22H31BrO2. The van der Waals surface area contributed by atoms with Gasteiger partial charge in [-0.1, -0.05) is 60.7 Å². The third-order valence-corrected chi connectivity index (χ3v) is 4.91. The van der Waals surface area contributed by atoms with Crippen molar-refractivity contribution < 1.29 is 9.47 Å². The van der Waals surface area contributed by atoms with Gasteiger partial charge >= 0.3 is 0 Å². The Bertz CT molecular complexity index is 612. The topological polar surface area (TPSA) is 18.5 Å². The van der Waals surface area contributed by atoms with E-state index in [1.54, 1.807) is 0 Å². The molecule has 138 valence electrons. The van der Waals surface area contributed by atoms with E-state index in [1.165, 1.54) is 49.3 Å². The van der Waals surface area contributed by atoms with Gasteiger partial charge in [-0.25, -0.2) is 0 Å². The van der Waals surface area contributed by atoms with Gasteiger partial charge in [-0.2, -0.15) is 0 Å². The number of unbranched alkanes of at least 4 members (excludes halogenated alkanes) is 6. The summed E-state index contributed by atoms with van der Waals surface area (Å²) in [4.78, 5) is 0. The molecule has 0 aliphatic heterocycles. The molecule has 2 aromatic carbocycles. The highest BCUT2D eigenvalue weighted by Gasteiger charge is 2.01. The molecule has 0 unspecified atom stereocenters. The van der Waals surface area contributed by atoms with Crippen LogP contribution in [0.2, 0.25) is 0 Å². The van der Waals surface area contributed by atoms with Gasteiger partial charge in [0.05, 0.1) is 13.2 Å². The minimum atomic E-state index is 0.789. The van der Waals surface area contributed by atoms with Gasteiger partial charge in [0, 0.05) is 5.33 Å². The van der Waals surface area contributed by atoms with E-state index in [2.05, 4.69) is 59.3 Å². The molecule has 0 amide bonds. The van der Waals surface area contributed by atoms with Crippen LogP contribution in [0.3, 0.4) is 0 Å². The molecule has 3 heteroatoms. The van der Waals surface area contributed by atoms with Crippen LogP contribution in [0.25, 0.3) is 10.8 Å². The molecule has 0 atom stereocenters. The van der Waals surface area contributed by atoms with Crippen molar-refractivity contribution in [1.29, 1.82) is 0 Å². The summed E-state index contributed by atoms with van der Waals surface area (Å²) in [5.74, 6) is 1.92. The number of hydrogen-bond acceptors (Lipinski definition) is 2. The largest absolute Gasteiger partial charge is 0.494 e. The van der Waals surface area contributed by atoms with Gasteiger partial charge in [0.2, 0.25) is 0 Å². The van der Waals surface area contributed by atoms with E-state index in [-0.39, 0.29) is 0 Å². The zero-order valence-electron chi connectivity index (χ0n) is 15.4. The van der Waals surface area contributed by atoms with Crippen LogP contribution >= 0.6 is 15.9 Å². The summed E-state index contributed by atoms with van der Waals surface area (Å²) >= 11 is 3.46. The fourth-order valence-corrected chi connectivity index (χ4v) is 3.24. The van der Waals surface area contributed by atoms with Crippen LogP contribution in [0.15, 0.2) is 36.4 Å². The zero-order chi connectivity index (χ0) is 17.7. The van der Waals surface area contributed by atoms with Crippen LogP contribution in [0, 0.1) is 0 Å². The number of fused-ring (bicyclic) bond motifs is 1. The van der Waals surface area contributed by atoms with Crippen molar-refractivity contribution in [3.05, 3.63) is 36.4 Å². The molecule has 0 N–H and O–H groups in total. The van der Waals surface area contributed by atoms with Crippen LogP contribution in [0.4, 0.5) is 0 Å². The van der Waals surface area contributed by atoms with E-state index >= 15 is 0 Å². The maximum Gasteiger partial charge on any atom is 0.119 e. The molecule has 25 heavy (non-hydrogen) atoms. The number of rotatable bonds is 13. The minimum Gasteiger partial charge on any atom is -0.494 e. The number of benzene rings is 2. The Morgan fingerprint density at radius 3 is 1.72 bits per heavy atom. The van der Waals surface area contributed by atoms with Crippen LogP contribution in [0.1, 0.15) is 58.3 Å². The molecule has 0 bridgehead atoms. The summed E-state index contributed by atoms with van der Waals surface area (Å²) in [5, 5.41) is 3.48. The molecule has 0 saturated carbocycles. The van der Waals surface area contributed by atoms with Gasteiger partial charge in [-0.05, 0) is 60.7 Å². The van der Waals surface area contributed by atoms with E-state index in [4.69, 9.17) is 9.47 Å². The quantitative estimate of drug-likeness (QED) is 0.260. The molecule has 2 rings (SSSR count). The highest BCUT2D eigenvalue weighted by molar-refractivity contribution is 9.09. The predicted molar refractivity (Wildman–Crippen MR) is 111 cm³/mol. The third kappa shape index (κ3) is 7.68. The van der Waals surface area contributed by atoms with E-state index in [0.29, 0.717) is 0 Å². The molecule has 0 aliphatic carbocycles. The first-order valence-electron chi connectivity index (χ1n) is 9.69. The summed E-state index contributed by atoms with van der Waals surface area (Å²) in [6.45, 7) is 3.84. The molecule has 0 aromatic heterocycles. The second kappa shape index (κ2) is 12.2. The number of halogens is 1. The van der Waals surface area contributed by atoms with Crippen molar-refractivity contribution in [2.45, 2.75) is 58.3 Å². The zero-order valence-corrected chi connectivity index (χ0v) is 17.0. The van der Waals surface area contributed by atoms with E-state index in [1.807, 2.05) is 0 Å². The highest BCUT2D eigenvalue weighted by Crippen LogP contribution is 2.25. The SMILES string of the molecule is CCCCCCCOc1ccc2cc(OCCCCCBr)ccc2c1. The lowest BCUT2D eigenvalue weighted by Crippen LogP contribution is -1.98. The Hall–Kier alpha value is -1.22. The number of ether oxygens (including phenoxy) is 2. The Morgan fingerprint density at radius 1 is 0.680 bits per heavy atom. The normalized spacial score (nSPS) is 11.0. The number of hydrogen-bond donors (Lipinski definition) is 0. The molecule has 0 saturated heterocycles. The molecule has 0 spiro atoms. The van der Waals surface area contributed by atoms with Crippen molar-refractivity contribution in [3.63, 3.8) is 0 Å². The van der Waals surface area contributed by atoms with Crippen LogP contribution in [0.5, 0.6) is 11.5 Å². The first-order chi connectivity index (χ1) is 12.3. The van der Waals surface area contributed by atoms with Crippen molar-refractivity contribution >= 4 is 26.7 Å². The Kier molecular flexibility index (Phi) is 9.79. The summed E-state index contributed by atoms with van der Waals surface area (Å²) in [7, 11) is 0. The maximum atomic E-state index is 5.89. The van der Waals surface area contributed by atoms with Crippen molar-refractivity contribution in [2.24, 2.45) is 0 Å². The fraction of sp³-hybridized carbons (Fsp3) is 0.545. The first kappa shape index (κ1) is 20.1. The third-order valence-electron chi connectivity index (χ3n) is 4.35. The van der Waals surface area contributed by atoms with E-state index in [9.17, 15) is 0 Å².